The third-order valence-corrected chi connectivity index (χ3v) is 4.72. The summed E-state index contributed by atoms with van der Waals surface area (Å²) in [5.74, 6) is -0.115. The number of aromatic nitrogens is 2. The van der Waals surface area contributed by atoms with Gasteiger partial charge < -0.3 is 10.1 Å². The van der Waals surface area contributed by atoms with E-state index in [1.165, 1.54) is 11.8 Å². The lowest BCUT2D eigenvalue weighted by molar-refractivity contribution is -0.120. The molecule has 0 unspecified atom stereocenters. The predicted molar refractivity (Wildman–Crippen MR) is 101 cm³/mol. The molecule has 1 aromatic heterocycles. The molecule has 0 radical (unpaired) electrons. The molecule has 7 heteroatoms. The third kappa shape index (κ3) is 4.93. The molecule has 0 aliphatic rings. The molecule has 0 saturated heterocycles. The van der Waals surface area contributed by atoms with Crippen LogP contribution < -0.4 is 10.9 Å². The Labute approximate surface area is 151 Å². The van der Waals surface area contributed by atoms with Crippen molar-refractivity contribution in [2.75, 3.05) is 20.3 Å². The Morgan fingerprint density at radius 3 is 2.96 bits per heavy atom. The standard InChI is InChI=1S/C18H23N3O3S/c1-4-10-19-16(22)13(2)25-18-20-15-9-6-5-8-14(15)17(23)21(18)11-7-12-24-3/h4-6,8-9,13H,1,7,10-12H2,2-3H3,(H,19,22)/t13-/m0/s1. The minimum Gasteiger partial charge on any atom is -0.385 e. The summed E-state index contributed by atoms with van der Waals surface area (Å²) < 4.78 is 6.71. The van der Waals surface area contributed by atoms with Gasteiger partial charge in [0.05, 0.1) is 16.2 Å². The van der Waals surface area contributed by atoms with Crippen LogP contribution in [0.25, 0.3) is 10.9 Å². The maximum atomic E-state index is 12.8. The Balaban J connectivity index is 2.35. The first-order valence-corrected chi connectivity index (χ1v) is 9.00. The number of rotatable bonds is 9. The molecular weight excluding hydrogens is 338 g/mol. The summed E-state index contributed by atoms with van der Waals surface area (Å²) in [6.07, 6.45) is 2.32. The highest BCUT2D eigenvalue weighted by molar-refractivity contribution is 8.00. The van der Waals surface area contributed by atoms with Crippen LogP contribution in [0.3, 0.4) is 0 Å². The molecule has 0 fully saturated rings. The highest BCUT2D eigenvalue weighted by Gasteiger charge is 2.18. The van der Waals surface area contributed by atoms with E-state index in [-0.39, 0.29) is 16.7 Å². The lowest BCUT2D eigenvalue weighted by Crippen LogP contribution is -2.32. The number of thioether (sulfide) groups is 1. The SMILES string of the molecule is C=CCNC(=O)[C@H](C)Sc1nc2ccccc2c(=O)n1CCCOC. The van der Waals surface area contributed by atoms with Crippen molar-refractivity contribution in [2.45, 2.75) is 30.3 Å². The molecule has 0 spiro atoms. The number of methoxy groups -OCH3 is 1. The van der Waals surface area contributed by atoms with E-state index in [4.69, 9.17) is 4.74 Å². The number of fused-ring (bicyclic) bond motifs is 1. The van der Waals surface area contributed by atoms with E-state index in [2.05, 4.69) is 16.9 Å². The second-order valence-corrected chi connectivity index (χ2v) is 6.82. The van der Waals surface area contributed by atoms with Crippen LogP contribution in [-0.2, 0) is 16.1 Å². The third-order valence-electron chi connectivity index (χ3n) is 3.63. The molecule has 6 nitrogen and oxygen atoms in total. The van der Waals surface area contributed by atoms with Gasteiger partial charge in [0.25, 0.3) is 5.56 Å². The van der Waals surface area contributed by atoms with Gasteiger partial charge >= 0.3 is 0 Å². The Bertz CT molecular complexity index is 804. The van der Waals surface area contributed by atoms with Crippen LogP contribution in [-0.4, -0.2) is 41.0 Å². The van der Waals surface area contributed by atoms with Gasteiger partial charge in [0.1, 0.15) is 0 Å². The first kappa shape index (κ1) is 19.2. The number of carbonyl (C=O) groups excluding carboxylic acids is 1. The van der Waals surface area contributed by atoms with E-state index in [1.807, 2.05) is 18.2 Å². The van der Waals surface area contributed by atoms with Crippen LogP contribution in [0.4, 0.5) is 0 Å². The number of para-hydroxylation sites is 1. The molecule has 0 aliphatic carbocycles. The van der Waals surface area contributed by atoms with E-state index in [1.54, 1.807) is 30.7 Å². The van der Waals surface area contributed by atoms with E-state index in [0.29, 0.717) is 42.2 Å². The second kappa shape index (κ2) is 9.39. The van der Waals surface area contributed by atoms with Crippen LogP contribution in [0, 0.1) is 0 Å². The molecular formula is C18H23N3O3S. The monoisotopic (exact) mass is 361 g/mol. The summed E-state index contributed by atoms with van der Waals surface area (Å²) in [5.41, 5.74) is 0.541. The molecule has 2 aromatic rings. The Morgan fingerprint density at radius 1 is 1.48 bits per heavy atom. The maximum Gasteiger partial charge on any atom is 0.262 e. The van der Waals surface area contributed by atoms with Gasteiger partial charge in [-0.25, -0.2) is 4.98 Å². The number of ether oxygens (including phenoxy) is 1. The lowest BCUT2D eigenvalue weighted by Gasteiger charge is -2.16. The molecule has 1 amide bonds. The zero-order valence-corrected chi connectivity index (χ0v) is 15.3. The van der Waals surface area contributed by atoms with Crippen LogP contribution in [0.15, 0.2) is 46.9 Å². The van der Waals surface area contributed by atoms with Crippen molar-refractivity contribution in [2.24, 2.45) is 0 Å². The van der Waals surface area contributed by atoms with Crippen molar-refractivity contribution >= 4 is 28.6 Å². The van der Waals surface area contributed by atoms with E-state index < -0.39 is 0 Å². The summed E-state index contributed by atoms with van der Waals surface area (Å²) >= 11 is 1.28. The molecule has 134 valence electrons. The minimum atomic E-state index is -0.373. The lowest BCUT2D eigenvalue weighted by atomic mass is 10.2. The molecule has 1 atom stereocenters. The minimum absolute atomic E-state index is 0.0945. The van der Waals surface area contributed by atoms with Crippen LogP contribution in [0.2, 0.25) is 0 Å². The van der Waals surface area contributed by atoms with Gasteiger partial charge in [-0.3, -0.25) is 14.2 Å². The summed E-state index contributed by atoms with van der Waals surface area (Å²) in [4.78, 5) is 29.5. The van der Waals surface area contributed by atoms with Crippen molar-refractivity contribution < 1.29 is 9.53 Å². The van der Waals surface area contributed by atoms with Crippen LogP contribution >= 0.6 is 11.8 Å². The van der Waals surface area contributed by atoms with Gasteiger partial charge in [-0.05, 0) is 25.5 Å². The molecule has 1 N–H and O–H groups in total. The average Bonchev–Trinajstić information content (AvgIpc) is 2.62. The van der Waals surface area contributed by atoms with Crippen molar-refractivity contribution in [3.05, 3.63) is 47.3 Å². The summed E-state index contributed by atoms with van der Waals surface area (Å²) in [7, 11) is 1.63. The van der Waals surface area contributed by atoms with Crippen molar-refractivity contribution in [3.63, 3.8) is 0 Å². The number of carbonyl (C=O) groups is 1. The highest BCUT2D eigenvalue weighted by Crippen LogP contribution is 2.22. The zero-order chi connectivity index (χ0) is 18.2. The van der Waals surface area contributed by atoms with Gasteiger partial charge in [0.2, 0.25) is 5.91 Å². The number of hydrogen-bond donors (Lipinski definition) is 1. The van der Waals surface area contributed by atoms with Gasteiger partial charge in [0.15, 0.2) is 5.16 Å². The number of nitrogens with zero attached hydrogens (tertiary/aromatic N) is 2. The molecule has 0 aliphatic heterocycles. The molecule has 0 bridgehead atoms. The predicted octanol–water partition coefficient (Wildman–Crippen LogP) is 2.22. The van der Waals surface area contributed by atoms with Gasteiger partial charge in [-0.1, -0.05) is 30.0 Å². The Hall–Kier alpha value is -2.12. The fourth-order valence-electron chi connectivity index (χ4n) is 2.33. The average molecular weight is 361 g/mol. The van der Waals surface area contributed by atoms with Gasteiger partial charge in [-0.15, -0.1) is 6.58 Å². The van der Waals surface area contributed by atoms with Crippen molar-refractivity contribution in [3.8, 4) is 0 Å². The number of benzene rings is 1. The van der Waals surface area contributed by atoms with Crippen LogP contribution in [0.1, 0.15) is 13.3 Å². The smallest absolute Gasteiger partial charge is 0.262 e. The van der Waals surface area contributed by atoms with E-state index in [0.717, 1.165) is 0 Å². The summed E-state index contributed by atoms with van der Waals surface area (Å²) in [5, 5.41) is 3.51. The van der Waals surface area contributed by atoms with Gasteiger partial charge in [0, 0.05) is 26.8 Å². The molecule has 2 rings (SSSR count). The molecule has 25 heavy (non-hydrogen) atoms. The fourth-order valence-corrected chi connectivity index (χ4v) is 3.29. The van der Waals surface area contributed by atoms with Crippen molar-refractivity contribution in [1.82, 2.24) is 14.9 Å². The Kier molecular flexibility index (Phi) is 7.21. The zero-order valence-electron chi connectivity index (χ0n) is 14.5. The fraction of sp³-hybridized carbons (Fsp3) is 0.389. The normalized spacial score (nSPS) is 12.1. The molecule has 1 aromatic carbocycles. The topological polar surface area (TPSA) is 73.2 Å². The largest absolute Gasteiger partial charge is 0.385 e. The summed E-state index contributed by atoms with van der Waals surface area (Å²) in [6, 6.07) is 7.25. The van der Waals surface area contributed by atoms with Crippen molar-refractivity contribution in [1.29, 1.82) is 0 Å². The van der Waals surface area contributed by atoms with Gasteiger partial charge in [-0.2, -0.15) is 0 Å². The van der Waals surface area contributed by atoms with E-state index >= 15 is 0 Å². The van der Waals surface area contributed by atoms with E-state index in [9.17, 15) is 9.59 Å². The number of hydrogen-bond acceptors (Lipinski definition) is 5. The first-order chi connectivity index (χ1) is 12.1. The van der Waals surface area contributed by atoms with Crippen LogP contribution in [0.5, 0.6) is 0 Å². The quantitative estimate of drug-likeness (QED) is 0.321. The highest BCUT2D eigenvalue weighted by atomic mass is 32.2. The molecule has 1 heterocycles. The summed E-state index contributed by atoms with van der Waals surface area (Å²) in [6.45, 7) is 6.84. The number of nitrogens with one attached hydrogen (secondary N) is 1. The maximum absolute atomic E-state index is 12.8. The molecule has 0 saturated carbocycles. The second-order valence-electron chi connectivity index (χ2n) is 5.51. The first-order valence-electron chi connectivity index (χ1n) is 8.12. The Morgan fingerprint density at radius 2 is 2.24 bits per heavy atom. The number of amides is 1.